The summed E-state index contributed by atoms with van der Waals surface area (Å²) < 4.78 is 45.0. The van der Waals surface area contributed by atoms with E-state index in [1.807, 2.05) is 0 Å². The molecule has 2 heterocycles. The Labute approximate surface area is 215 Å². The van der Waals surface area contributed by atoms with Gasteiger partial charge in [-0.05, 0) is 61.5 Å². The number of carbonyl (C=O) groups is 4. The van der Waals surface area contributed by atoms with Gasteiger partial charge in [-0.15, -0.1) is 0 Å². The molecule has 2 aliphatic rings. The van der Waals surface area contributed by atoms with E-state index >= 15 is 0 Å². The van der Waals surface area contributed by atoms with Gasteiger partial charge in [-0.25, -0.2) is 4.90 Å². The smallest absolute Gasteiger partial charge is 0.416 e. The fourth-order valence-electron chi connectivity index (χ4n) is 5.12. The Morgan fingerprint density at radius 1 is 1.00 bits per heavy atom. The monoisotopic (exact) mass is 524 g/mol. The minimum atomic E-state index is -4.65. The van der Waals surface area contributed by atoms with Gasteiger partial charge in [0.15, 0.2) is 0 Å². The quantitative estimate of drug-likeness (QED) is 0.351. The lowest BCUT2D eigenvalue weighted by Gasteiger charge is -2.32. The number of anilines is 1. The number of ether oxygens (including phenoxy) is 1. The standard InChI is InChI=1S/C28H23F3N2O5/c1-2-38-27(37)16-6-5-13-32(15-16)24(34)20-11-12-22-23-19(20)9-4-10-21(23)25(35)33(26(22)36)18-8-3-7-17(14-18)28(29,30)31/h3-4,7-12,14,16H,2,5-6,13,15H2,1H3. The topological polar surface area (TPSA) is 84.0 Å². The van der Waals surface area contributed by atoms with Crippen molar-refractivity contribution in [2.75, 3.05) is 24.6 Å². The van der Waals surface area contributed by atoms with Crippen LogP contribution in [-0.2, 0) is 15.7 Å². The lowest BCUT2D eigenvalue weighted by molar-refractivity contribution is -0.149. The first kappa shape index (κ1) is 25.4. The molecule has 1 unspecified atom stereocenters. The summed E-state index contributed by atoms with van der Waals surface area (Å²) >= 11 is 0. The van der Waals surface area contributed by atoms with E-state index in [0.29, 0.717) is 24.8 Å². The van der Waals surface area contributed by atoms with E-state index in [0.717, 1.165) is 23.1 Å². The van der Waals surface area contributed by atoms with E-state index in [1.165, 1.54) is 24.3 Å². The molecule has 0 bridgehead atoms. The molecule has 0 radical (unpaired) electrons. The van der Waals surface area contributed by atoms with Crippen molar-refractivity contribution < 1.29 is 37.1 Å². The number of carbonyl (C=O) groups excluding carboxylic acids is 4. The molecule has 1 saturated heterocycles. The second-order valence-electron chi connectivity index (χ2n) is 9.22. The Bertz CT molecular complexity index is 1460. The maximum atomic E-state index is 13.5. The van der Waals surface area contributed by atoms with Crippen LogP contribution in [0.2, 0.25) is 0 Å². The number of piperidine rings is 1. The van der Waals surface area contributed by atoms with Gasteiger partial charge in [0.05, 0.1) is 23.8 Å². The molecule has 3 aromatic rings. The fraction of sp³-hybridized carbons (Fsp3) is 0.286. The lowest BCUT2D eigenvalue weighted by Crippen LogP contribution is -2.43. The first-order valence-corrected chi connectivity index (χ1v) is 12.2. The zero-order chi connectivity index (χ0) is 27.2. The Hall–Kier alpha value is -4.21. The minimum Gasteiger partial charge on any atom is -0.466 e. The summed E-state index contributed by atoms with van der Waals surface area (Å²) in [4.78, 5) is 54.9. The van der Waals surface area contributed by atoms with Crippen LogP contribution < -0.4 is 4.90 Å². The average Bonchev–Trinajstić information content (AvgIpc) is 2.91. The van der Waals surface area contributed by atoms with Crippen molar-refractivity contribution >= 4 is 40.2 Å². The van der Waals surface area contributed by atoms with Crippen molar-refractivity contribution in [3.63, 3.8) is 0 Å². The van der Waals surface area contributed by atoms with Crippen molar-refractivity contribution in [2.45, 2.75) is 25.9 Å². The fourth-order valence-corrected chi connectivity index (χ4v) is 5.12. The molecule has 2 aliphatic heterocycles. The zero-order valence-corrected chi connectivity index (χ0v) is 20.4. The summed E-state index contributed by atoms with van der Waals surface area (Å²) in [5.41, 5.74) is -0.707. The van der Waals surface area contributed by atoms with Gasteiger partial charge >= 0.3 is 12.1 Å². The molecule has 7 nitrogen and oxygen atoms in total. The van der Waals surface area contributed by atoms with Crippen molar-refractivity contribution in [2.24, 2.45) is 5.92 Å². The number of amides is 3. The van der Waals surface area contributed by atoms with E-state index in [-0.39, 0.29) is 52.8 Å². The van der Waals surface area contributed by atoms with Crippen LogP contribution in [0.15, 0.2) is 54.6 Å². The first-order valence-electron chi connectivity index (χ1n) is 12.2. The highest BCUT2D eigenvalue weighted by molar-refractivity contribution is 6.36. The van der Waals surface area contributed by atoms with Crippen molar-refractivity contribution in [1.82, 2.24) is 4.90 Å². The number of imide groups is 1. The molecule has 5 rings (SSSR count). The Balaban J connectivity index is 1.53. The second-order valence-corrected chi connectivity index (χ2v) is 9.22. The number of halogens is 3. The molecule has 3 amide bonds. The van der Waals surface area contributed by atoms with Gasteiger partial charge in [-0.2, -0.15) is 13.2 Å². The summed E-state index contributed by atoms with van der Waals surface area (Å²) in [5, 5.41) is 0.657. The maximum absolute atomic E-state index is 13.5. The summed E-state index contributed by atoms with van der Waals surface area (Å²) in [6.45, 7) is 2.61. The SMILES string of the molecule is CCOC(=O)C1CCCN(C(=O)c2ccc3c4c(cccc24)C(=O)N(c2cccc(C(F)(F)F)c2)C3=O)C1. The molecule has 196 valence electrons. The van der Waals surface area contributed by atoms with Crippen LogP contribution in [0.1, 0.15) is 56.4 Å². The number of hydrogen-bond donors (Lipinski definition) is 0. The molecular formula is C28H23F3N2O5. The van der Waals surface area contributed by atoms with Gasteiger partial charge in [0, 0.05) is 35.2 Å². The first-order chi connectivity index (χ1) is 18.1. The number of alkyl halides is 3. The molecule has 0 aliphatic carbocycles. The second kappa shape index (κ2) is 9.59. The maximum Gasteiger partial charge on any atom is 0.416 e. The molecule has 0 saturated carbocycles. The summed E-state index contributed by atoms with van der Waals surface area (Å²) in [6, 6.07) is 11.6. The summed E-state index contributed by atoms with van der Waals surface area (Å²) in [7, 11) is 0. The minimum absolute atomic E-state index is 0.104. The normalized spacial score (nSPS) is 17.6. The Morgan fingerprint density at radius 2 is 1.71 bits per heavy atom. The van der Waals surface area contributed by atoms with Crippen LogP contribution >= 0.6 is 0 Å². The highest BCUT2D eigenvalue weighted by Gasteiger charge is 2.38. The molecule has 1 atom stereocenters. The molecule has 1 fully saturated rings. The molecule has 0 aromatic heterocycles. The van der Waals surface area contributed by atoms with Crippen molar-refractivity contribution in [1.29, 1.82) is 0 Å². The zero-order valence-electron chi connectivity index (χ0n) is 20.4. The third-order valence-electron chi connectivity index (χ3n) is 6.90. The summed E-state index contributed by atoms with van der Waals surface area (Å²) in [5.74, 6) is -2.69. The van der Waals surface area contributed by atoms with E-state index in [9.17, 15) is 32.3 Å². The van der Waals surface area contributed by atoms with E-state index in [4.69, 9.17) is 4.74 Å². The van der Waals surface area contributed by atoms with Crippen LogP contribution in [0.3, 0.4) is 0 Å². The summed E-state index contributed by atoms with van der Waals surface area (Å²) in [6.07, 6.45) is -3.41. The van der Waals surface area contributed by atoms with Gasteiger partial charge in [-0.1, -0.05) is 18.2 Å². The predicted octanol–water partition coefficient (Wildman–Crippen LogP) is 5.07. The van der Waals surface area contributed by atoms with Crippen LogP contribution in [0.5, 0.6) is 0 Å². The van der Waals surface area contributed by atoms with Gasteiger partial charge in [-0.3, -0.25) is 19.2 Å². The number of hydrogen-bond acceptors (Lipinski definition) is 5. The molecular weight excluding hydrogens is 501 g/mol. The van der Waals surface area contributed by atoms with Gasteiger partial charge in [0.2, 0.25) is 0 Å². The third-order valence-corrected chi connectivity index (χ3v) is 6.90. The molecule has 3 aromatic carbocycles. The average molecular weight is 524 g/mol. The number of esters is 1. The molecule has 0 spiro atoms. The van der Waals surface area contributed by atoms with Crippen molar-refractivity contribution in [3.05, 3.63) is 76.9 Å². The highest BCUT2D eigenvalue weighted by Crippen LogP contribution is 2.37. The van der Waals surface area contributed by atoms with Crippen molar-refractivity contribution in [3.8, 4) is 0 Å². The number of likely N-dealkylation sites (tertiary alicyclic amines) is 1. The van der Waals surface area contributed by atoms with Crippen LogP contribution in [0.25, 0.3) is 10.8 Å². The predicted molar refractivity (Wildman–Crippen MR) is 132 cm³/mol. The molecule has 38 heavy (non-hydrogen) atoms. The largest absolute Gasteiger partial charge is 0.466 e. The van der Waals surface area contributed by atoms with E-state index < -0.39 is 29.5 Å². The van der Waals surface area contributed by atoms with E-state index in [1.54, 1.807) is 24.0 Å². The Morgan fingerprint density at radius 3 is 2.42 bits per heavy atom. The van der Waals surface area contributed by atoms with Crippen LogP contribution in [0.4, 0.5) is 18.9 Å². The molecule has 10 heteroatoms. The van der Waals surface area contributed by atoms with Gasteiger partial charge in [0.1, 0.15) is 0 Å². The number of benzene rings is 3. The highest BCUT2D eigenvalue weighted by atomic mass is 19.4. The third kappa shape index (κ3) is 4.29. The van der Waals surface area contributed by atoms with Crippen LogP contribution in [0, 0.1) is 5.92 Å². The Kier molecular flexibility index (Phi) is 6.42. The van der Waals surface area contributed by atoms with Crippen LogP contribution in [-0.4, -0.2) is 48.3 Å². The van der Waals surface area contributed by atoms with Gasteiger partial charge < -0.3 is 9.64 Å². The molecule has 0 N–H and O–H groups in total. The number of rotatable bonds is 4. The number of nitrogens with zero attached hydrogens (tertiary/aromatic N) is 2. The lowest BCUT2D eigenvalue weighted by atomic mass is 9.90. The van der Waals surface area contributed by atoms with E-state index in [2.05, 4.69) is 0 Å². The van der Waals surface area contributed by atoms with Gasteiger partial charge in [0.25, 0.3) is 17.7 Å².